The highest BCUT2D eigenvalue weighted by Crippen LogP contribution is 2.16. The van der Waals surface area contributed by atoms with Crippen molar-refractivity contribution >= 4 is 17.5 Å². The second-order valence-electron chi connectivity index (χ2n) is 6.79. The SMILES string of the molecule is O=C(NCC(=O)N1CCCC1)c1cccc(OCc2cn3ccccc3n2)c1. The Labute approximate surface area is 162 Å². The summed E-state index contributed by atoms with van der Waals surface area (Å²) in [4.78, 5) is 30.7. The molecule has 7 heteroatoms. The van der Waals surface area contributed by atoms with Gasteiger partial charge >= 0.3 is 0 Å². The molecule has 0 atom stereocenters. The first-order valence-corrected chi connectivity index (χ1v) is 9.40. The first-order chi connectivity index (χ1) is 13.7. The quantitative estimate of drug-likeness (QED) is 0.714. The fourth-order valence-electron chi connectivity index (χ4n) is 3.28. The van der Waals surface area contributed by atoms with Crippen LogP contribution < -0.4 is 10.1 Å². The highest BCUT2D eigenvalue weighted by molar-refractivity contribution is 5.96. The summed E-state index contributed by atoms with van der Waals surface area (Å²) in [6.45, 7) is 1.88. The van der Waals surface area contributed by atoms with Gasteiger partial charge in [-0.3, -0.25) is 9.59 Å². The Morgan fingerprint density at radius 1 is 1.11 bits per heavy atom. The van der Waals surface area contributed by atoms with E-state index in [1.807, 2.05) is 35.0 Å². The van der Waals surface area contributed by atoms with Crippen LogP contribution in [-0.4, -0.2) is 45.7 Å². The average Bonchev–Trinajstić information content (AvgIpc) is 3.40. The van der Waals surface area contributed by atoms with Gasteiger partial charge in [0, 0.05) is 31.0 Å². The summed E-state index contributed by atoms with van der Waals surface area (Å²) in [5.41, 5.74) is 2.12. The van der Waals surface area contributed by atoms with Crippen molar-refractivity contribution in [3.8, 4) is 5.75 Å². The number of aromatic nitrogens is 2. The molecular weight excluding hydrogens is 356 g/mol. The molecule has 28 heavy (non-hydrogen) atoms. The number of hydrogen-bond donors (Lipinski definition) is 1. The van der Waals surface area contributed by atoms with Gasteiger partial charge in [-0.05, 0) is 43.2 Å². The van der Waals surface area contributed by atoms with Gasteiger partial charge in [0.15, 0.2) is 0 Å². The number of carbonyl (C=O) groups is 2. The summed E-state index contributed by atoms with van der Waals surface area (Å²) in [6, 6.07) is 12.7. The molecule has 7 nitrogen and oxygen atoms in total. The number of amides is 2. The molecule has 2 aromatic heterocycles. The van der Waals surface area contributed by atoms with Crippen LogP contribution in [0.4, 0.5) is 0 Å². The van der Waals surface area contributed by atoms with Gasteiger partial charge in [-0.15, -0.1) is 0 Å². The normalized spacial score (nSPS) is 13.6. The first-order valence-electron chi connectivity index (χ1n) is 9.40. The van der Waals surface area contributed by atoms with E-state index in [1.54, 1.807) is 29.2 Å². The van der Waals surface area contributed by atoms with Crippen molar-refractivity contribution in [2.24, 2.45) is 0 Å². The van der Waals surface area contributed by atoms with Crippen molar-refractivity contribution in [1.82, 2.24) is 19.6 Å². The summed E-state index contributed by atoms with van der Waals surface area (Å²) in [6.07, 6.45) is 5.91. The van der Waals surface area contributed by atoms with Crippen molar-refractivity contribution in [2.45, 2.75) is 19.4 Å². The molecule has 0 bridgehead atoms. The van der Waals surface area contributed by atoms with Crippen LogP contribution in [0.25, 0.3) is 5.65 Å². The van der Waals surface area contributed by atoms with E-state index in [9.17, 15) is 9.59 Å². The summed E-state index contributed by atoms with van der Waals surface area (Å²) >= 11 is 0. The number of imidazole rings is 1. The Hall–Kier alpha value is -3.35. The van der Waals surface area contributed by atoms with E-state index in [4.69, 9.17) is 4.74 Å². The minimum atomic E-state index is -0.286. The Morgan fingerprint density at radius 3 is 2.79 bits per heavy atom. The monoisotopic (exact) mass is 378 g/mol. The van der Waals surface area contributed by atoms with E-state index < -0.39 is 0 Å². The number of carbonyl (C=O) groups excluding carboxylic acids is 2. The molecule has 0 saturated carbocycles. The van der Waals surface area contributed by atoms with E-state index in [2.05, 4.69) is 10.3 Å². The highest BCUT2D eigenvalue weighted by Gasteiger charge is 2.18. The number of fused-ring (bicyclic) bond motifs is 1. The minimum Gasteiger partial charge on any atom is -0.487 e. The molecule has 1 aliphatic rings. The molecule has 3 heterocycles. The third-order valence-corrected chi connectivity index (χ3v) is 4.76. The van der Waals surface area contributed by atoms with Gasteiger partial charge in [-0.1, -0.05) is 12.1 Å². The Bertz CT molecular complexity index is 959. The molecule has 4 rings (SSSR count). The number of pyridine rings is 1. The maximum absolute atomic E-state index is 12.4. The van der Waals surface area contributed by atoms with Crippen molar-refractivity contribution in [3.05, 3.63) is 66.1 Å². The van der Waals surface area contributed by atoms with Crippen LogP contribution in [-0.2, 0) is 11.4 Å². The molecular formula is C21H22N4O3. The van der Waals surface area contributed by atoms with Crippen molar-refractivity contribution in [1.29, 1.82) is 0 Å². The predicted molar refractivity (Wildman–Crippen MR) is 104 cm³/mol. The van der Waals surface area contributed by atoms with Crippen molar-refractivity contribution in [3.63, 3.8) is 0 Å². The molecule has 0 unspecified atom stereocenters. The van der Waals surface area contributed by atoms with Crippen LogP contribution in [0.1, 0.15) is 28.9 Å². The molecule has 3 aromatic rings. The van der Waals surface area contributed by atoms with Crippen molar-refractivity contribution < 1.29 is 14.3 Å². The second-order valence-corrected chi connectivity index (χ2v) is 6.79. The van der Waals surface area contributed by atoms with E-state index in [0.29, 0.717) is 17.9 Å². The summed E-state index contributed by atoms with van der Waals surface area (Å²) < 4.78 is 7.72. The van der Waals surface area contributed by atoms with Gasteiger partial charge in [0.2, 0.25) is 5.91 Å². The molecule has 1 aliphatic heterocycles. The Morgan fingerprint density at radius 2 is 1.96 bits per heavy atom. The third kappa shape index (κ3) is 4.14. The highest BCUT2D eigenvalue weighted by atomic mass is 16.5. The lowest BCUT2D eigenvalue weighted by molar-refractivity contribution is -0.129. The fourth-order valence-corrected chi connectivity index (χ4v) is 3.28. The third-order valence-electron chi connectivity index (χ3n) is 4.76. The smallest absolute Gasteiger partial charge is 0.251 e. The van der Waals surface area contributed by atoms with Crippen LogP contribution in [0.2, 0.25) is 0 Å². The maximum atomic E-state index is 12.4. The molecule has 1 aromatic carbocycles. The van der Waals surface area contributed by atoms with E-state index in [-0.39, 0.29) is 18.4 Å². The molecule has 0 radical (unpaired) electrons. The molecule has 2 amide bonds. The van der Waals surface area contributed by atoms with Gasteiger partial charge in [-0.25, -0.2) is 4.98 Å². The number of likely N-dealkylation sites (tertiary alicyclic amines) is 1. The number of hydrogen-bond acceptors (Lipinski definition) is 4. The number of nitrogens with zero attached hydrogens (tertiary/aromatic N) is 3. The van der Waals surface area contributed by atoms with Gasteiger partial charge in [0.05, 0.1) is 12.2 Å². The Kier molecular flexibility index (Phi) is 5.23. The minimum absolute atomic E-state index is 0.0190. The fraction of sp³-hybridized carbons (Fsp3) is 0.286. The first kappa shape index (κ1) is 18.0. The summed E-state index contributed by atoms with van der Waals surface area (Å²) in [5, 5.41) is 2.69. The summed E-state index contributed by atoms with van der Waals surface area (Å²) in [7, 11) is 0. The van der Waals surface area contributed by atoms with Crippen LogP contribution in [0, 0.1) is 0 Å². The lowest BCUT2D eigenvalue weighted by Crippen LogP contribution is -2.38. The van der Waals surface area contributed by atoms with E-state index >= 15 is 0 Å². The average molecular weight is 378 g/mol. The summed E-state index contributed by atoms with van der Waals surface area (Å²) in [5.74, 6) is 0.256. The molecule has 1 N–H and O–H groups in total. The van der Waals surface area contributed by atoms with Gasteiger partial charge < -0.3 is 19.4 Å². The largest absolute Gasteiger partial charge is 0.487 e. The lowest BCUT2D eigenvalue weighted by Gasteiger charge is -2.15. The van der Waals surface area contributed by atoms with Crippen LogP contribution >= 0.6 is 0 Å². The van der Waals surface area contributed by atoms with Gasteiger partial charge in [0.1, 0.15) is 18.0 Å². The second kappa shape index (κ2) is 8.12. The van der Waals surface area contributed by atoms with Crippen LogP contribution in [0.3, 0.4) is 0 Å². The maximum Gasteiger partial charge on any atom is 0.251 e. The number of nitrogens with one attached hydrogen (secondary N) is 1. The number of benzene rings is 1. The number of ether oxygens (including phenoxy) is 1. The lowest BCUT2D eigenvalue weighted by atomic mass is 10.2. The van der Waals surface area contributed by atoms with Gasteiger partial charge in [0.25, 0.3) is 5.91 Å². The van der Waals surface area contributed by atoms with E-state index in [1.165, 1.54) is 0 Å². The molecule has 1 saturated heterocycles. The zero-order valence-corrected chi connectivity index (χ0v) is 15.5. The molecule has 144 valence electrons. The number of rotatable bonds is 6. The standard InChI is InChI=1S/C21H22N4O3/c26-20(24-9-3-4-10-24)13-22-21(27)16-6-5-7-18(12-16)28-15-17-14-25-11-2-1-8-19(25)23-17/h1-2,5-8,11-12,14H,3-4,9-10,13,15H2,(H,22,27). The predicted octanol–water partition coefficient (Wildman–Crippen LogP) is 2.27. The topological polar surface area (TPSA) is 75.9 Å². The molecule has 1 fully saturated rings. The van der Waals surface area contributed by atoms with Crippen LogP contribution in [0.5, 0.6) is 5.75 Å². The molecule has 0 aliphatic carbocycles. The van der Waals surface area contributed by atoms with Crippen molar-refractivity contribution in [2.75, 3.05) is 19.6 Å². The Balaban J connectivity index is 1.34. The zero-order chi connectivity index (χ0) is 19.3. The zero-order valence-electron chi connectivity index (χ0n) is 15.5. The van der Waals surface area contributed by atoms with Crippen LogP contribution in [0.15, 0.2) is 54.9 Å². The van der Waals surface area contributed by atoms with Gasteiger partial charge in [-0.2, -0.15) is 0 Å². The molecule has 0 spiro atoms. The van der Waals surface area contributed by atoms with E-state index in [0.717, 1.165) is 37.3 Å².